The topological polar surface area (TPSA) is 36.1 Å². The van der Waals surface area contributed by atoms with Gasteiger partial charge < -0.3 is 9.88 Å². The molecule has 1 fully saturated rings. The Balaban J connectivity index is 2.16. The van der Waals surface area contributed by atoms with Gasteiger partial charge in [-0.15, -0.1) is 0 Å². The second-order valence-corrected chi connectivity index (χ2v) is 5.81. The molecule has 1 atom stereocenters. The van der Waals surface area contributed by atoms with Crippen molar-refractivity contribution in [1.29, 1.82) is 0 Å². The SMILES string of the molecule is CC1CCCCN1c1ccc2[nH]c(=O)cc(C(F)(F)F)c2c1. The Labute approximate surface area is 125 Å². The van der Waals surface area contributed by atoms with Crippen LogP contribution in [0, 0.1) is 0 Å². The van der Waals surface area contributed by atoms with E-state index < -0.39 is 17.3 Å². The number of fused-ring (bicyclic) bond motifs is 1. The summed E-state index contributed by atoms with van der Waals surface area (Å²) in [6.45, 7) is 2.93. The van der Waals surface area contributed by atoms with Crippen LogP contribution in [0.4, 0.5) is 18.9 Å². The Morgan fingerprint density at radius 1 is 1.23 bits per heavy atom. The first-order valence-corrected chi connectivity index (χ1v) is 7.37. The fourth-order valence-electron chi connectivity index (χ4n) is 3.14. The lowest BCUT2D eigenvalue weighted by Gasteiger charge is -2.35. The highest BCUT2D eigenvalue weighted by Gasteiger charge is 2.33. The third-order valence-corrected chi connectivity index (χ3v) is 4.27. The van der Waals surface area contributed by atoms with Crippen molar-refractivity contribution < 1.29 is 13.2 Å². The summed E-state index contributed by atoms with van der Waals surface area (Å²) in [7, 11) is 0. The lowest BCUT2D eigenvalue weighted by molar-refractivity contribution is -0.136. The van der Waals surface area contributed by atoms with Gasteiger partial charge in [-0.1, -0.05) is 0 Å². The minimum absolute atomic E-state index is 0.0439. The Bertz CT molecular complexity index is 751. The molecule has 0 spiro atoms. The molecule has 0 amide bonds. The monoisotopic (exact) mass is 310 g/mol. The fourth-order valence-corrected chi connectivity index (χ4v) is 3.14. The van der Waals surface area contributed by atoms with Crippen LogP contribution in [-0.4, -0.2) is 17.6 Å². The smallest absolute Gasteiger partial charge is 0.369 e. The zero-order valence-electron chi connectivity index (χ0n) is 12.2. The second-order valence-electron chi connectivity index (χ2n) is 5.81. The molecule has 6 heteroatoms. The number of aromatic nitrogens is 1. The van der Waals surface area contributed by atoms with Crippen molar-refractivity contribution in [2.45, 2.75) is 38.4 Å². The Morgan fingerprint density at radius 2 is 2.00 bits per heavy atom. The van der Waals surface area contributed by atoms with E-state index in [0.717, 1.165) is 31.5 Å². The minimum Gasteiger partial charge on any atom is -0.369 e. The molecule has 3 nitrogen and oxygen atoms in total. The van der Waals surface area contributed by atoms with Crippen molar-refractivity contribution in [3.8, 4) is 0 Å². The van der Waals surface area contributed by atoms with Gasteiger partial charge in [0.1, 0.15) is 0 Å². The third kappa shape index (κ3) is 2.69. The van der Waals surface area contributed by atoms with Gasteiger partial charge in [-0.3, -0.25) is 4.79 Å². The predicted molar refractivity (Wildman–Crippen MR) is 80.2 cm³/mol. The van der Waals surface area contributed by atoms with Crippen molar-refractivity contribution >= 4 is 16.6 Å². The number of alkyl halides is 3. The number of halogens is 3. The van der Waals surface area contributed by atoms with Gasteiger partial charge in [-0.25, -0.2) is 0 Å². The zero-order valence-corrected chi connectivity index (χ0v) is 12.2. The molecular weight excluding hydrogens is 293 g/mol. The highest BCUT2D eigenvalue weighted by Crippen LogP contribution is 2.35. The average Bonchev–Trinajstić information content (AvgIpc) is 2.45. The van der Waals surface area contributed by atoms with Crippen LogP contribution in [0.3, 0.4) is 0 Å². The maximum absolute atomic E-state index is 13.2. The van der Waals surface area contributed by atoms with E-state index in [1.54, 1.807) is 12.1 Å². The molecule has 1 aliphatic rings. The van der Waals surface area contributed by atoms with E-state index in [9.17, 15) is 18.0 Å². The van der Waals surface area contributed by atoms with E-state index in [4.69, 9.17) is 0 Å². The molecule has 1 aromatic heterocycles. The van der Waals surface area contributed by atoms with Gasteiger partial charge in [0.05, 0.1) is 5.56 Å². The average molecular weight is 310 g/mol. The molecule has 0 radical (unpaired) electrons. The molecule has 118 valence electrons. The molecule has 1 aromatic carbocycles. The van der Waals surface area contributed by atoms with Crippen LogP contribution in [0.2, 0.25) is 0 Å². The Morgan fingerprint density at radius 3 is 2.68 bits per heavy atom. The van der Waals surface area contributed by atoms with Gasteiger partial charge in [0, 0.05) is 35.2 Å². The first-order valence-electron chi connectivity index (χ1n) is 7.37. The number of hydrogen-bond donors (Lipinski definition) is 1. The molecule has 2 aromatic rings. The van der Waals surface area contributed by atoms with E-state index in [-0.39, 0.29) is 10.9 Å². The number of aromatic amines is 1. The third-order valence-electron chi connectivity index (χ3n) is 4.27. The van der Waals surface area contributed by atoms with Crippen LogP contribution in [0.1, 0.15) is 31.7 Å². The summed E-state index contributed by atoms with van der Waals surface area (Å²) in [5, 5.41) is 0.0439. The van der Waals surface area contributed by atoms with Crippen LogP contribution >= 0.6 is 0 Å². The molecule has 22 heavy (non-hydrogen) atoms. The van der Waals surface area contributed by atoms with Crippen LogP contribution in [0.5, 0.6) is 0 Å². The number of nitrogens with zero attached hydrogens (tertiary/aromatic N) is 1. The minimum atomic E-state index is -4.54. The van der Waals surface area contributed by atoms with Crippen LogP contribution in [-0.2, 0) is 6.18 Å². The maximum Gasteiger partial charge on any atom is 0.417 e. The van der Waals surface area contributed by atoms with Crippen molar-refractivity contribution in [2.75, 3.05) is 11.4 Å². The molecule has 0 aliphatic carbocycles. The van der Waals surface area contributed by atoms with Gasteiger partial charge in [0.25, 0.3) is 0 Å². The quantitative estimate of drug-likeness (QED) is 0.866. The lowest BCUT2D eigenvalue weighted by Crippen LogP contribution is -2.37. The maximum atomic E-state index is 13.2. The first-order chi connectivity index (χ1) is 10.4. The molecule has 3 rings (SSSR count). The molecule has 1 N–H and O–H groups in total. The van der Waals surface area contributed by atoms with Crippen LogP contribution in [0.15, 0.2) is 29.1 Å². The van der Waals surface area contributed by atoms with Crippen molar-refractivity contribution in [3.63, 3.8) is 0 Å². The fraction of sp³-hybridized carbons (Fsp3) is 0.438. The molecule has 0 bridgehead atoms. The summed E-state index contributed by atoms with van der Waals surface area (Å²) >= 11 is 0. The van der Waals surface area contributed by atoms with Crippen LogP contribution in [0.25, 0.3) is 10.9 Å². The number of hydrogen-bond acceptors (Lipinski definition) is 2. The highest BCUT2D eigenvalue weighted by molar-refractivity contribution is 5.86. The van der Waals surface area contributed by atoms with Crippen molar-refractivity contribution in [1.82, 2.24) is 4.98 Å². The summed E-state index contributed by atoms with van der Waals surface area (Å²) in [5.74, 6) is 0. The first kappa shape index (κ1) is 14.9. The summed E-state index contributed by atoms with van der Waals surface area (Å²) in [6.07, 6.45) is -1.32. The van der Waals surface area contributed by atoms with Crippen LogP contribution < -0.4 is 10.5 Å². The number of anilines is 1. The Kier molecular flexibility index (Phi) is 3.62. The predicted octanol–water partition coefficient (Wildman–Crippen LogP) is 3.93. The summed E-state index contributed by atoms with van der Waals surface area (Å²) in [6, 6.07) is 5.81. The van der Waals surface area contributed by atoms with Crippen molar-refractivity contribution in [3.05, 3.63) is 40.2 Å². The molecular formula is C16H17F3N2O. The van der Waals surface area contributed by atoms with Gasteiger partial charge >= 0.3 is 6.18 Å². The number of rotatable bonds is 1. The van der Waals surface area contributed by atoms with Gasteiger partial charge in [0.2, 0.25) is 5.56 Å². The second kappa shape index (κ2) is 5.34. The number of piperidine rings is 1. The summed E-state index contributed by atoms with van der Waals surface area (Å²) in [5.41, 5.74) is -0.623. The van der Waals surface area contributed by atoms with E-state index >= 15 is 0 Å². The van der Waals surface area contributed by atoms with E-state index in [0.29, 0.717) is 12.1 Å². The van der Waals surface area contributed by atoms with E-state index in [2.05, 4.69) is 16.8 Å². The van der Waals surface area contributed by atoms with E-state index in [1.807, 2.05) is 0 Å². The largest absolute Gasteiger partial charge is 0.417 e. The molecule has 1 unspecified atom stereocenters. The molecule has 0 saturated carbocycles. The van der Waals surface area contributed by atoms with E-state index in [1.165, 1.54) is 6.07 Å². The number of benzene rings is 1. The molecule has 1 aliphatic heterocycles. The number of pyridine rings is 1. The van der Waals surface area contributed by atoms with Gasteiger partial charge in [-0.2, -0.15) is 13.2 Å². The summed E-state index contributed by atoms with van der Waals surface area (Å²) in [4.78, 5) is 16.0. The standard InChI is InChI=1S/C16H17F3N2O/c1-10-4-2-3-7-21(10)11-5-6-14-12(8-11)13(16(17,18)19)9-15(22)20-14/h5-6,8-10H,2-4,7H2,1H3,(H,20,22). The number of nitrogens with one attached hydrogen (secondary N) is 1. The van der Waals surface area contributed by atoms with Gasteiger partial charge in [0.15, 0.2) is 0 Å². The zero-order chi connectivity index (χ0) is 15.9. The van der Waals surface area contributed by atoms with Gasteiger partial charge in [-0.05, 0) is 44.4 Å². The Hall–Kier alpha value is -1.98. The lowest BCUT2D eigenvalue weighted by atomic mass is 10.0. The normalized spacial score (nSPS) is 19.6. The number of H-pyrrole nitrogens is 1. The van der Waals surface area contributed by atoms with Crippen molar-refractivity contribution in [2.24, 2.45) is 0 Å². The summed E-state index contributed by atoms with van der Waals surface area (Å²) < 4.78 is 39.5. The molecule has 1 saturated heterocycles. The molecule has 2 heterocycles. The highest BCUT2D eigenvalue weighted by atomic mass is 19.4.